The van der Waals surface area contributed by atoms with Gasteiger partial charge in [-0.1, -0.05) is 54.4 Å². The van der Waals surface area contributed by atoms with Gasteiger partial charge in [0.2, 0.25) is 14.2 Å². The molecule has 0 saturated carbocycles. The summed E-state index contributed by atoms with van der Waals surface area (Å²) in [4.78, 5) is 51.6. The number of nitriles is 1. The van der Waals surface area contributed by atoms with Crippen molar-refractivity contribution >= 4 is 34.6 Å². The molecule has 5 atom stereocenters. The Kier molecular flexibility index (Phi) is 19.1. The molecule has 1 fully saturated rings. The number of rotatable bonds is 22. The first-order valence-corrected chi connectivity index (χ1v) is 21.6. The van der Waals surface area contributed by atoms with E-state index in [1.807, 2.05) is 11.4 Å². The smallest absolute Gasteiger partial charge is 0.394 e. The molecule has 1 saturated heterocycles. The Hall–Kier alpha value is -2.91. The van der Waals surface area contributed by atoms with E-state index >= 15 is 0 Å². The number of halogens is 3. The van der Waals surface area contributed by atoms with E-state index in [-0.39, 0.29) is 55.1 Å². The number of carbonyl (C=O) groups is 2. The van der Waals surface area contributed by atoms with Gasteiger partial charge in [-0.25, -0.2) is 4.79 Å². The van der Waals surface area contributed by atoms with Gasteiger partial charge in [0.15, 0.2) is 14.6 Å². The van der Waals surface area contributed by atoms with Crippen LogP contribution in [0.3, 0.4) is 0 Å². The summed E-state index contributed by atoms with van der Waals surface area (Å²) in [5.41, 5.74) is -0.632. The number of nitrogens with zero attached hydrogens (tertiary/aromatic N) is 2. The molecule has 2 rings (SSSR count). The zero-order valence-electron chi connectivity index (χ0n) is 31.8. The molecular weight excluding hydrogens is 738 g/mol. The van der Waals surface area contributed by atoms with Crippen LogP contribution in [0.25, 0.3) is 6.08 Å². The number of aromatic nitrogens is 2. The van der Waals surface area contributed by atoms with Gasteiger partial charge in [0.25, 0.3) is 5.56 Å². The van der Waals surface area contributed by atoms with Crippen LogP contribution in [0.4, 0.5) is 13.2 Å². The quantitative estimate of drug-likeness (QED) is 0.0439. The molecular formula is C34H55F3N5O9PSi. The number of nitrogens with one attached hydrogen (secondary N) is 3. The van der Waals surface area contributed by atoms with Gasteiger partial charge >= 0.3 is 17.8 Å². The predicted molar refractivity (Wildman–Crippen MR) is 196 cm³/mol. The third-order valence-electron chi connectivity index (χ3n) is 9.08. The fraction of sp³-hybridized carbons (Fsp3) is 0.735. The van der Waals surface area contributed by atoms with E-state index in [1.165, 1.54) is 16.8 Å². The first-order chi connectivity index (χ1) is 24.9. The van der Waals surface area contributed by atoms with Crippen LogP contribution in [0.15, 0.2) is 21.9 Å². The molecule has 0 aromatic carbocycles. The summed E-state index contributed by atoms with van der Waals surface area (Å²) in [7, 11) is -3.80. The second-order valence-corrected chi connectivity index (χ2v) is 20.5. The lowest BCUT2D eigenvalue weighted by Gasteiger charge is -2.42. The molecule has 2 heterocycles. The van der Waals surface area contributed by atoms with Crippen molar-refractivity contribution in [3.05, 3.63) is 38.7 Å². The number of H-pyrrole nitrogens is 1. The summed E-state index contributed by atoms with van der Waals surface area (Å²) in [6, 6.07) is 2.03. The largest absolute Gasteiger partial charge is 0.471 e. The van der Waals surface area contributed by atoms with Crippen LogP contribution >= 0.6 is 8.38 Å². The topological polar surface area (TPSA) is 183 Å². The van der Waals surface area contributed by atoms with Gasteiger partial charge < -0.3 is 33.6 Å². The van der Waals surface area contributed by atoms with Gasteiger partial charge in [-0.3, -0.25) is 23.9 Å². The van der Waals surface area contributed by atoms with Gasteiger partial charge in [0.1, 0.15) is 19.0 Å². The van der Waals surface area contributed by atoms with Crippen molar-refractivity contribution in [1.82, 2.24) is 20.2 Å². The number of alkyl halides is 3. The Balaban J connectivity index is 2.19. The Bertz CT molecular complexity index is 1490. The summed E-state index contributed by atoms with van der Waals surface area (Å²) in [5, 5.41) is 13.4. The molecule has 0 radical (unpaired) electrons. The third kappa shape index (κ3) is 13.7. The van der Waals surface area contributed by atoms with E-state index in [4.69, 9.17) is 28.2 Å². The molecule has 14 nitrogen and oxygen atoms in total. The standard InChI is InChI=1S/C34H55F3N5O9PSi/c1-22(2)53(23(3)4,24(5)6)49-21-47-29-28(51-52(8)48-19-13-16-38)25(7)50-31(29)42-20-26(30(44)41-33(42)46)14-15-27(43)39-17-11-9-10-12-18-40-32(45)34(35,36)37/h14-15,20,22-25,28-29,31H,9-13,17-19,21H2,1-8H3,(H,39,43)(H,40,45)(H,41,44,46)/b15-14+/t25-,28+,29?,31-,52?/m1/s1. The van der Waals surface area contributed by atoms with E-state index in [0.29, 0.717) is 25.7 Å². The SMILES string of the molecule is CC(C)[Si](OCOC1[C@@H](OP(C)OCCC#N)[C@@H](C)O[C@H]1n1cc(/C=C/C(=O)NCCCCCCNC(=O)C(F)(F)F)c(=O)[nH]c1=O)(C(C)C)C(C)C. The van der Waals surface area contributed by atoms with Gasteiger partial charge in [-0.05, 0) is 42.5 Å². The number of carbonyl (C=O) groups excluding carboxylic acids is 2. The van der Waals surface area contributed by atoms with Crippen molar-refractivity contribution in [2.24, 2.45) is 0 Å². The highest BCUT2D eigenvalue weighted by molar-refractivity contribution is 7.46. The van der Waals surface area contributed by atoms with Crippen molar-refractivity contribution in [2.75, 3.05) is 33.2 Å². The van der Waals surface area contributed by atoms with Crippen molar-refractivity contribution in [2.45, 2.75) is 128 Å². The lowest BCUT2D eigenvalue weighted by Crippen LogP contribution is -2.49. The number of amides is 2. The van der Waals surface area contributed by atoms with Crippen LogP contribution in [0.2, 0.25) is 16.6 Å². The van der Waals surface area contributed by atoms with Crippen LogP contribution in [0, 0.1) is 11.3 Å². The minimum Gasteiger partial charge on any atom is -0.394 e. The van der Waals surface area contributed by atoms with E-state index in [2.05, 4.69) is 51.8 Å². The minimum absolute atomic E-state index is 0.000275. The fourth-order valence-electron chi connectivity index (χ4n) is 6.64. The van der Waals surface area contributed by atoms with Gasteiger partial charge in [0, 0.05) is 32.0 Å². The van der Waals surface area contributed by atoms with Crippen LogP contribution in [-0.4, -0.2) is 87.3 Å². The molecule has 0 spiro atoms. The second kappa shape index (κ2) is 21.8. The van der Waals surface area contributed by atoms with Crippen molar-refractivity contribution in [3.8, 4) is 6.07 Å². The van der Waals surface area contributed by atoms with E-state index in [9.17, 15) is 32.3 Å². The maximum atomic E-state index is 13.2. The molecule has 53 heavy (non-hydrogen) atoms. The molecule has 2 unspecified atom stereocenters. The molecule has 2 amide bonds. The number of hydrogen-bond donors (Lipinski definition) is 3. The summed E-state index contributed by atoms with van der Waals surface area (Å²) in [6.45, 7) is 16.7. The summed E-state index contributed by atoms with van der Waals surface area (Å²) < 4.78 is 69.1. The molecule has 1 aromatic heterocycles. The zero-order chi connectivity index (χ0) is 39.9. The molecule has 3 N–H and O–H groups in total. The highest BCUT2D eigenvalue weighted by Crippen LogP contribution is 2.45. The third-order valence-corrected chi connectivity index (χ3v) is 16.2. The normalized spacial score (nSPS) is 20.0. The second-order valence-electron chi connectivity index (χ2n) is 13.7. The maximum Gasteiger partial charge on any atom is 0.471 e. The predicted octanol–water partition coefficient (Wildman–Crippen LogP) is 5.61. The first-order valence-electron chi connectivity index (χ1n) is 17.8. The van der Waals surface area contributed by atoms with Gasteiger partial charge in [-0.2, -0.15) is 18.4 Å². The van der Waals surface area contributed by atoms with Crippen LogP contribution in [0.1, 0.15) is 92.4 Å². The van der Waals surface area contributed by atoms with Crippen LogP contribution < -0.4 is 21.9 Å². The number of ether oxygens (including phenoxy) is 2. The zero-order valence-corrected chi connectivity index (χ0v) is 33.7. The Morgan fingerprint density at radius 3 is 2.23 bits per heavy atom. The molecule has 300 valence electrons. The van der Waals surface area contributed by atoms with Gasteiger partial charge in [0.05, 0.1) is 30.8 Å². The Labute approximate surface area is 311 Å². The van der Waals surface area contributed by atoms with Gasteiger partial charge in [-0.15, -0.1) is 0 Å². The molecule has 0 aliphatic carbocycles. The number of aromatic amines is 1. The molecule has 1 aromatic rings. The summed E-state index contributed by atoms with van der Waals surface area (Å²) >= 11 is 0. The Morgan fingerprint density at radius 1 is 1.06 bits per heavy atom. The lowest BCUT2D eigenvalue weighted by atomic mass is 10.1. The lowest BCUT2D eigenvalue weighted by molar-refractivity contribution is -0.173. The van der Waals surface area contributed by atoms with Crippen molar-refractivity contribution in [3.63, 3.8) is 0 Å². The number of unbranched alkanes of at least 4 members (excludes halogenated alkanes) is 3. The van der Waals surface area contributed by atoms with E-state index < -0.39 is 70.5 Å². The fourth-order valence-corrected chi connectivity index (χ4v) is 13.0. The maximum absolute atomic E-state index is 13.2. The molecule has 19 heteroatoms. The van der Waals surface area contributed by atoms with E-state index in [1.54, 1.807) is 13.6 Å². The highest BCUT2D eigenvalue weighted by atomic mass is 31.2. The molecule has 1 aliphatic rings. The summed E-state index contributed by atoms with van der Waals surface area (Å²) in [5.74, 6) is -2.47. The van der Waals surface area contributed by atoms with Crippen molar-refractivity contribution < 1.29 is 45.7 Å². The average molecular weight is 794 g/mol. The average Bonchev–Trinajstić information content (AvgIpc) is 3.36. The Morgan fingerprint density at radius 2 is 1.66 bits per heavy atom. The highest BCUT2D eigenvalue weighted by Gasteiger charge is 2.49. The number of hydrogen-bond acceptors (Lipinski definition) is 10. The molecule has 1 aliphatic heterocycles. The van der Waals surface area contributed by atoms with Crippen LogP contribution in [-0.2, 0) is 32.5 Å². The first kappa shape index (κ1) is 46.2. The minimum atomic E-state index is -4.91. The van der Waals surface area contributed by atoms with Crippen LogP contribution in [0.5, 0.6) is 0 Å². The van der Waals surface area contributed by atoms with E-state index in [0.717, 1.165) is 6.08 Å². The monoisotopic (exact) mass is 793 g/mol. The molecule has 0 bridgehead atoms. The summed E-state index contributed by atoms with van der Waals surface area (Å²) in [6.07, 6.45) is -2.19. The van der Waals surface area contributed by atoms with Crippen molar-refractivity contribution in [1.29, 1.82) is 5.26 Å².